The molecule has 0 atom stereocenters. The number of nitrogens with zero attached hydrogens (tertiary/aromatic N) is 1. The van der Waals surface area contributed by atoms with E-state index in [0.29, 0.717) is 47.7 Å². The molecular weight excluding hydrogens is 519 g/mol. The number of carbonyl (C=O) groups is 1. The van der Waals surface area contributed by atoms with E-state index < -0.39 is 0 Å². The molecule has 2 aromatic rings. The highest BCUT2D eigenvalue weighted by molar-refractivity contribution is 14.0. The number of rotatable bonds is 9. The van der Waals surface area contributed by atoms with Gasteiger partial charge < -0.3 is 25.4 Å². The number of aliphatic imine (C=N–C) groups is 1. The zero-order valence-corrected chi connectivity index (χ0v) is 20.4. The number of amides is 1. The SMILES string of the molecule is CN=C(NCCNC(=O)c1ccc(Cl)cc1)NCCc1ccc(OC)c(OC)c1.I. The summed E-state index contributed by atoms with van der Waals surface area (Å²) in [6.07, 6.45) is 0.800. The van der Waals surface area contributed by atoms with Crippen LogP contribution in [0.3, 0.4) is 0 Å². The van der Waals surface area contributed by atoms with Crippen LogP contribution in [0.1, 0.15) is 15.9 Å². The number of halogens is 2. The van der Waals surface area contributed by atoms with Gasteiger partial charge in [0.25, 0.3) is 5.91 Å². The summed E-state index contributed by atoms with van der Waals surface area (Å²) in [6.45, 7) is 1.72. The number of benzene rings is 2. The lowest BCUT2D eigenvalue weighted by molar-refractivity contribution is 0.0954. The number of hydrogen-bond donors (Lipinski definition) is 3. The average Bonchev–Trinajstić information content (AvgIpc) is 2.75. The monoisotopic (exact) mass is 546 g/mol. The third-order valence-electron chi connectivity index (χ3n) is 4.19. The summed E-state index contributed by atoms with van der Waals surface area (Å²) in [4.78, 5) is 16.2. The highest BCUT2D eigenvalue weighted by Gasteiger charge is 2.06. The first-order valence-electron chi connectivity index (χ1n) is 9.26. The van der Waals surface area contributed by atoms with Gasteiger partial charge >= 0.3 is 0 Å². The highest BCUT2D eigenvalue weighted by atomic mass is 127. The van der Waals surface area contributed by atoms with Gasteiger partial charge in [0.05, 0.1) is 14.2 Å². The molecule has 0 aliphatic carbocycles. The van der Waals surface area contributed by atoms with Gasteiger partial charge in [0.1, 0.15) is 0 Å². The summed E-state index contributed by atoms with van der Waals surface area (Å²) in [5.41, 5.74) is 1.70. The van der Waals surface area contributed by atoms with Crippen molar-refractivity contribution in [2.45, 2.75) is 6.42 Å². The molecule has 0 aliphatic rings. The molecule has 0 fully saturated rings. The summed E-state index contributed by atoms with van der Waals surface area (Å²) < 4.78 is 10.6. The van der Waals surface area contributed by atoms with Crippen LogP contribution in [0.15, 0.2) is 47.5 Å². The van der Waals surface area contributed by atoms with E-state index in [1.165, 1.54) is 0 Å². The first kappa shape index (κ1) is 25.8. The first-order chi connectivity index (χ1) is 14.1. The third-order valence-corrected chi connectivity index (χ3v) is 4.44. The van der Waals surface area contributed by atoms with Crippen LogP contribution in [0.5, 0.6) is 11.5 Å². The maximum atomic E-state index is 12.1. The maximum absolute atomic E-state index is 12.1. The minimum absolute atomic E-state index is 0. The lowest BCUT2D eigenvalue weighted by Crippen LogP contribution is -2.42. The smallest absolute Gasteiger partial charge is 0.251 e. The number of nitrogens with one attached hydrogen (secondary N) is 3. The highest BCUT2D eigenvalue weighted by Crippen LogP contribution is 2.27. The van der Waals surface area contributed by atoms with E-state index in [-0.39, 0.29) is 29.9 Å². The largest absolute Gasteiger partial charge is 0.493 e. The minimum atomic E-state index is -0.139. The second-order valence-corrected chi connectivity index (χ2v) is 6.56. The Labute approximate surface area is 199 Å². The molecule has 7 nitrogen and oxygen atoms in total. The van der Waals surface area contributed by atoms with E-state index in [0.717, 1.165) is 12.0 Å². The van der Waals surface area contributed by atoms with Gasteiger partial charge in [-0.3, -0.25) is 9.79 Å². The first-order valence-corrected chi connectivity index (χ1v) is 9.64. The Kier molecular flexibility index (Phi) is 12.0. The van der Waals surface area contributed by atoms with Gasteiger partial charge in [-0.2, -0.15) is 0 Å². The van der Waals surface area contributed by atoms with Gasteiger partial charge in [-0.25, -0.2) is 0 Å². The van der Waals surface area contributed by atoms with Crippen LogP contribution >= 0.6 is 35.6 Å². The number of guanidine groups is 1. The Morgan fingerprint density at radius 2 is 1.57 bits per heavy atom. The van der Waals surface area contributed by atoms with E-state index in [2.05, 4.69) is 20.9 Å². The average molecular weight is 547 g/mol. The second-order valence-electron chi connectivity index (χ2n) is 6.13. The van der Waals surface area contributed by atoms with Crippen LogP contribution in [0, 0.1) is 0 Å². The molecule has 2 aromatic carbocycles. The normalized spacial score (nSPS) is 10.6. The topological polar surface area (TPSA) is 84.0 Å². The molecule has 30 heavy (non-hydrogen) atoms. The molecule has 0 unspecified atom stereocenters. The molecule has 0 saturated carbocycles. The van der Waals surface area contributed by atoms with E-state index in [1.807, 2.05) is 18.2 Å². The molecule has 0 aromatic heterocycles. The Morgan fingerprint density at radius 3 is 2.20 bits per heavy atom. The zero-order chi connectivity index (χ0) is 21.1. The van der Waals surface area contributed by atoms with Crippen molar-refractivity contribution in [2.75, 3.05) is 40.9 Å². The summed E-state index contributed by atoms with van der Waals surface area (Å²) in [6, 6.07) is 12.6. The molecule has 3 N–H and O–H groups in total. The second kappa shape index (κ2) is 13.9. The molecule has 9 heteroatoms. The van der Waals surface area contributed by atoms with Gasteiger partial charge in [-0.05, 0) is 48.4 Å². The van der Waals surface area contributed by atoms with Crippen molar-refractivity contribution in [3.63, 3.8) is 0 Å². The molecule has 0 heterocycles. The molecule has 0 radical (unpaired) electrons. The zero-order valence-electron chi connectivity index (χ0n) is 17.3. The maximum Gasteiger partial charge on any atom is 0.251 e. The van der Waals surface area contributed by atoms with Crippen LogP contribution in [-0.2, 0) is 6.42 Å². The summed E-state index contributed by atoms with van der Waals surface area (Å²) in [5.74, 6) is 1.96. The quantitative estimate of drug-likeness (QED) is 0.195. The van der Waals surface area contributed by atoms with E-state index in [9.17, 15) is 4.79 Å². The van der Waals surface area contributed by atoms with Gasteiger partial charge in [-0.15, -0.1) is 24.0 Å². The third kappa shape index (κ3) is 8.27. The van der Waals surface area contributed by atoms with Crippen LogP contribution in [-0.4, -0.2) is 52.8 Å². The number of methoxy groups -OCH3 is 2. The van der Waals surface area contributed by atoms with Crippen molar-refractivity contribution in [3.8, 4) is 11.5 Å². The summed E-state index contributed by atoms with van der Waals surface area (Å²) >= 11 is 5.83. The number of carbonyl (C=O) groups excluding carboxylic acids is 1. The standard InChI is InChI=1S/C21H27ClN4O3.HI/c1-23-21(25-11-10-15-4-9-18(28-2)19(14-15)29-3)26-13-12-24-20(27)16-5-7-17(22)8-6-16;/h4-9,14H,10-13H2,1-3H3,(H,24,27)(H2,23,25,26);1H. The molecule has 2 rings (SSSR count). The fraction of sp³-hybridized carbons (Fsp3) is 0.333. The Hall–Kier alpha value is -2.20. The molecule has 0 aliphatic heterocycles. The lowest BCUT2D eigenvalue weighted by Gasteiger charge is -2.13. The molecular formula is C21H28ClIN4O3. The van der Waals surface area contributed by atoms with Crippen molar-refractivity contribution >= 4 is 47.4 Å². The van der Waals surface area contributed by atoms with Gasteiger partial charge in [0, 0.05) is 37.3 Å². The van der Waals surface area contributed by atoms with Crippen molar-refractivity contribution in [1.82, 2.24) is 16.0 Å². The Bertz CT molecular complexity index is 832. The predicted octanol–water partition coefficient (Wildman–Crippen LogP) is 3.11. The van der Waals surface area contributed by atoms with Crippen molar-refractivity contribution in [1.29, 1.82) is 0 Å². The van der Waals surface area contributed by atoms with Crippen molar-refractivity contribution < 1.29 is 14.3 Å². The molecule has 0 saturated heterocycles. The fourth-order valence-corrected chi connectivity index (χ4v) is 2.77. The van der Waals surface area contributed by atoms with Crippen LogP contribution in [0.25, 0.3) is 0 Å². The van der Waals surface area contributed by atoms with E-state index in [4.69, 9.17) is 21.1 Å². The molecule has 0 spiro atoms. The number of hydrogen-bond acceptors (Lipinski definition) is 4. The van der Waals surface area contributed by atoms with E-state index >= 15 is 0 Å². The lowest BCUT2D eigenvalue weighted by atomic mass is 10.1. The van der Waals surface area contributed by atoms with Gasteiger partial charge in [-0.1, -0.05) is 17.7 Å². The fourth-order valence-electron chi connectivity index (χ4n) is 2.64. The summed E-state index contributed by atoms with van der Waals surface area (Å²) in [5, 5.41) is 9.87. The Morgan fingerprint density at radius 1 is 0.933 bits per heavy atom. The van der Waals surface area contributed by atoms with Gasteiger partial charge in [0.2, 0.25) is 0 Å². The van der Waals surface area contributed by atoms with Crippen LogP contribution in [0.4, 0.5) is 0 Å². The van der Waals surface area contributed by atoms with Crippen molar-refractivity contribution in [3.05, 3.63) is 58.6 Å². The molecule has 1 amide bonds. The molecule has 164 valence electrons. The Balaban J connectivity index is 0.00000450. The predicted molar refractivity (Wildman–Crippen MR) is 132 cm³/mol. The van der Waals surface area contributed by atoms with Gasteiger partial charge in [0.15, 0.2) is 17.5 Å². The van der Waals surface area contributed by atoms with Crippen LogP contribution < -0.4 is 25.4 Å². The minimum Gasteiger partial charge on any atom is -0.493 e. The number of ether oxygens (including phenoxy) is 2. The van der Waals surface area contributed by atoms with E-state index in [1.54, 1.807) is 45.5 Å². The summed E-state index contributed by atoms with van der Waals surface area (Å²) in [7, 11) is 4.95. The molecule has 0 bridgehead atoms. The van der Waals surface area contributed by atoms with Crippen LogP contribution in [0.2, 0.25) is 5.02 Å². The van der Waals surface area contributed by atoms with Crippen molar-refractivity contribution in [2.24, 2.45) is 4.99 Å².